The van der Waals surface area contributed by atoms with Crippen LogP contribution in [0.2, 0.25) is 0 Å². The zero-order valence-corrected chi connectivity index (χ0v) is 16.3. The molecule has 9 nitrogen and oxygen atoms in total. The topological polar surface area (TPSA) is 83.7 Å². The summed E-state index contributed by atoms with van der Waals surface area (Å²) in [7, 11) is 1.87. The zero-order valence-electron chi connectivity index (χ0n) is 16.3. The Bertz CT molecular complexity index is 849. The monoisotopic (exact) mass is 370 g/mol. The van der Waals surface area contributed by atoms with Gasteiger partial charge in [-0.2, -0.15) is 0 Å². The van der Waals surface area contributed by atoms with Gasteiger partial charge in [-0.25, -0.2) is 9.67 Å². The van der Waals surface area contributed by atoms with E-state index in [1.54, 1.807) is 4.68 Å². The SMILES string of the molecule is Cn1nnnc1CN1C=CC2=C(N3CC4(COC4)C3)N=C(C(C)(C)C)NC21. The van der Waals surface area contributed by atoms with Crippen molar-refractivity contribution in [1.29, 1.82) is 0 Å². The molecule has 0 bridgehead atoms. The highest BCUT2D eigenvalue weighted by molar-refractivity contribution is 5.89. The Morgan fingerprint density at radius 3 is 2.67 bits per heavy atom. The van der Waals surface area contributed by atoms with E-state index in [-0.39, 0.29) is 11.6 Å². The van der Waals surface area contributed by atoms with E-state index in [0.29, 0.717) is 12.0 Å². The first-order valence-corrected chi connectivity index (χ1v) is 9.42. The maximum atomic E-state index is 5.43. The van der Waals surface area contributed by atoms with E-state index in [4.69, 9.17) is 9.73 Å². The van der Waals surface area contributed by atoms with E-state index < -0.39 is 0 Å². The Hall–Kier alpha value is -2.42. The Morgan fingerprint density at radius 1 is 1.30 bits per heavy atom. The summed E-state index contributed by atoms with van der Waals surface area (Å²) in [6.45, 7) is 11.0. The molecule has 1 aromatic heterocycles. The summed E-state index contributed by atoms with van der Waals surface area (Å²) >= 11 is 0. The molecule has 9 heteroatoms. The number of aromatic nitrogens is 4. The molecule has 1 unspecified atom stereocenters. The standard InChI is InChI=1S/C18H26N8O/c1-17(2,3)16-19-14-12(5-6-25(14)7-13-21-22-23-24(13)4)15(20-16)26-8-18(9-26)10-27-11-18/h5-6,14H,7-11H2,1-4H3,(H,19,20). The maximum absolute atomic E-state index is 5.43. The minimum Gasteiger partial charge on any atom is -0.380 e. The number of rotatable bonds is 3. The van der Waals surface area contributed by atoms with E-state index in [9.17, 15) is 0 Å². The lowest BCUT2D eigenvalue weighted by Gasteiger charge is -2.56. The fourth-order valence-corrected chi connectivity index (χ4v) is 4.03. The molecule has 0 radical (unpaired) electrons. The summed E-state index contributed by atoms with van der Waals surface area (Å²) < 4.78 is 7.15. The van der Waals surface area contributed by atoms with Crippen LogP contribution in [0.3, 0.4) is 0 Å². The number of hydrogen-bond acceptors (Lipinski definition) is 8. The lowest BCUT2D eigenvalue weighted by atomic mass is 9.78. The van der Waals surface area contributed by atoms with Crippen LogP contribution in [-0.2, 0) is 18.3 Å². The third-order valence-corrected chi connectivity index (χ3v) is 5.73. The number of fused-ring (bicyclic) bond motifs is 1. The molecule has 2 saturated heterocycles. The molecule has 5 heterocycles. The predicted octanol–water partition coefficient (Wildman–Crippen LogP) is 0.457. The van der Waals surface area contributed by atoms with E-state index in [1.165, 1.54) is 5.57 Å². The molecule has 4 aliphatic heterocycles. The Morgan fingerprint density at radius 2 is 2.07 bits per heavy atom. The average molecular weight is 370 g/mol. The molecule has 1 aromatic rings. The molecular weight excluding hydrogens is 344 g/mol. The third kappa shape index (κ3) is 2.63. The van der Waals surface area contributed by atoms with Gasteiger partial charge < -0.3 is 19.9 Å². The fourth-order valence-electron chi connectivity index (χ4n) is 4.03. The quantitative estimate of drug-likeness (QED) is 0.827. The molecule has 4 aliphatic rings. The van der Waals surface area contributed by atoms with Crippen LogP contribution in [0.15, 0.2) is 28.7 Å². The van der Waals surface area contributed by atoms with Crippen molar-refractivity contribution < 1.29 is 4.74 Å². The van der Waals surface area contributed by atoms with Crippen molar-refractivity contribution in [2.75, 3.05) is 26.3 Å². The van der Waals surface area contributed by atoms with Gasteiger partial charge in [0.2, 0.25) is 0 Å². The first kappa shape index (κ1) is 16.7. The molecule has 2 fully saturated rings. The largest absolute Gasteiger partial charge is 0.380 e. The molecule has 0 aromatic carbocycles. The number of hydrogen-bond donors (Lipinski definition) is 1. The van der Waals surface area contributed by atoms with Crippen LogP contribution in [0.1, 0.15) is 26.6 Å². The van der Waals surface area contributed by atoms with Gasteiger partial charge in [-0.3, -0.25) is 0 Å². The number of nitrogens with one attached hydrogen (secondary N) is 1. The Kier molecular flexibility index (Phi) is 3.43. The van der Waals surface area contributed by atoms with E-state index in [2.05, 4.69) is 63.7 Å². The number of aliphatic imine (C=N–C) groups is 1. The van der Waals surface area contributed by atoms with Crippen LogP contribution >= 0.6 is 0 Å². The summed E-state index contributed by atoms with van der Waals surface area (Å²) in [6, 6.07) is 0. The Labute approximate surface area is 158 Å². The highest BCUT2D eigenvalue weighted by Gasteiger charge is 2.51. The lowest BCUT2D eigenvalue weighted by Crippen LogP contribution is -2.66. The molecule has 0 amide bonds. The van der Waals surface area contributed by atoms with Crippen molar-refractivity contribution in [2.24, 2.45) is 22.9 Å². The molecular formula is C18H26N8O. The van der Waals surface area contributed by atoms with Gasteiger partial charge in [0.25, 0.3) is 0 Å². The molecule has 27 heavy (non-hydrogen) atoms. The minimum absolute atomic E-state index is 0.0533. The lowest BCUT2D eigenvalue weighted by molar-refractivity contribution is -0.180. The van der Waals surface area contributed by atoms with E-state index in [1.807, 2.05) is 7.05 Å². The van der Waals surface area contributed by atoms with Gasteiger partial charge in [0.05, 0.1) is 25.2 Å². The molecule has 5 rings (SSSR count). The van der Waals surface area contributed by atoms with Gasteiger partial charge in [-0.1, -0.05) is 20.8 Å². The fraction of sp³-hybridized carbons (Fsp3) is 0.667. The number of ether oxygens (including phenoxy) is 1. The third-order valence-electron chi connectivity index (χ3n) is 5.73. The van der Waals surface area contributed by atoms with E-state index in [0.717, 1.165) is 43.8 Å². The minimum atomic E-state index is -0.0560. The second-order valence-electron chi connectivity index (χ2n) is 9.09. The zero-order chi connectivity index (χ0) is 18.8. The normalized spacial score (nSPS) is 25.9. The number of tetrazole rings is 1. The van der Waals surface area contributed by atoms with Crippen LogP contribution in [0.5, 0.6) is 0 Å². The number of amidine groups is 1. The van der Waals surface area contributed by atoms with Crippen molar-refractivity contribution >= 4 is 5.84 Å². The summed E-state index contributed by atoms with van der Waals surface area (Å²) in [5.74, 6) is 2.94. The number of aryl methyl sites for hydroxylation is 1. The van der Waals surface area contributed by atoms with Crippen LogP contribution in [0.4, 0.5) is 0 Å². The predicted molar refractivity (Wildman–Crippen MR) is 99.1 cm³/mol. The van der Waals surface area contributed by atoms with Gasteiger partial charge in [0.15, 0.2) is 5.82 Å². The maximum Gasteiger partial charge on any atom is 0.170 e. The molecule has 0 aliphatic carbocycles. The summed E-state index contributed by atoms with van der Waals surface area (Å²) in [4.78, 5) is 9.68. The summed E-state index contributed by atoms with van der Waals surface area (Å²) in [5.41, 5.74) is 1.52. The van der Waals surface area contributed by atoms with Crippen molar-refractivity contribution in [2.45, 2.75) is 33.5 Å². The van der Waals surface area contributed by atoms with Gasteiger partial charge in [0.1, 0.15) is 17.8 Å². The average Bonchev–Trinajstić information content (AvgIpc) is 3.11. The van der Waals surface area contributed by atoms with Gasteiger partial charge in [-0.15, -0.1) is 5.10 Å². The van der Waals surface area contributed by atoms with Crippen molar-refractivity contribution in [3.05, 3.63) is 29.5 Å². The van der Waals surface area contributed by atoms with Crippen molar-refractivity contribution in [1.82, 2.24) is 35.3 Å². The van der Waals surface area contributed by atoms with Crippen LogP contribution in [0.25, 0.3) is 0 Å². The van der Waals surface area contributed by atoms with Crippen molar-refractivity contribution in [3.63, 3.8) is 0 Å². The molecule has 1 N–H and O–H groups in total. The second-order valence-corrected chi connectivity index (χ2v) is 9.09. The number of likely N-dealkylation sites (tertiary alicyclic amines) is 1. The molecule has 1 spiro atoms. The highest BCUT2D eigenvalue weighted by atomic mass is 16.5. The van der Waals surface area contributed by atoms with Crippen LogP contribution in [-0.4, -0.2) is 68.3 Å². The first-order chi connectivity index (χ1) is 12.8. The Balaban J connectivity index is 1.44. The van der Waals surface area contributed by atoms with Gasteiger partial charge >= 0.3 is 0 Å². The second kappa shape index (κ2) is 5.54. The van der Waals surface area contributed by atoms with Gasteiger partial charge in [-0.05, 0) is 16.5 Å². The van der Waals surface area contributed by atoms with Crippen molar-refractivity contribution in [3.8, 4) is 0 Å². The summed E-state index contributed by atoms with van der Waals surface area (Å²) in [5, 5.41) is 15.5. The molecule has 1 atom stereocenters. The van der Waals surface area contributed by atoms with Crippen LogP contribution < -0.4 is 5.32 Å². The molecule has 144 valence electrons. The summed E-state index contributed by atoms with van der Waals surface area (Å²) in [6.07, 6.45) is 4.34. The van der Waals surface area contributed by atoms with E-state index >= 15 is 0 Å². The number of nitrogens with zero attached hydrogens (tertiary/aromatic N) is 7. The smallest absolute Gasteiger partial charge is 0.170 e. The molecule has 0 saturated carbocycles. The van der Waals surface area contributed by atoms with Gasteiger partial charge in [0, 0.05) is 37.3 Å². The highest BCUT2D eigenvalue weighted by Crippen LogP contribution is 2.42. The van der Waals surface area contributed by atoms with Crippen LogP contribution in [0, 0.1) is 10.8 Å². The first-order valence-electron chi connectivity index (χ1n) is 9.42.